The number of benzene rings is 1. The largest absolute Gasteiger partial charge is 0.467 e. The van der Waals surface area contributed by atoms with Crippen molar-refractivity contribution in [3.63, 3.8) is 0 Å². The van der Waals surface area contributed by atoms with Crippen molar-refractivity contribution < 1.29 is 32.6 Å². The van der Waals surface area contributed by atoms with Gasteiger partial charge in [0.15, 0.2) is 0 Å². The third-order valence-electron chi connectivity index (χ3n) is 6.08. The minimum atomic E-state index is -3.12. The Labute approximate surface area is 208 Å². The zero-order valence-electron chi connectivity index (χ0n) is 20.8. The maximum absolute atomic E-state index is 13.7. The van der Waals surface area contributed by atoms with E-state index in [1.807, 2.05) is 32.0 Å². The molecule has 0 bridgehead atoms. The lowest BCUT2D eigenvalue weighted by molar-refractivity contribution is -0.142. The van der Waals surface area contributed by atoms with Crippen molar-refractivity contribution in [2.75, 3.05) is 25.5 Å². The maximum Gasteiger partial charge on any atom is 0.388 e. The highest BCUT2D eigenvalue weighted by Gasteiger charge is 2.53. The second-order valence-electron chi connectivity index (χ2n) is 9.01. The minimum absolute atomic E-state index is 0.00508. The van der Waals surface area contributed by atoms with Crippen molar-refractivity contribution in [1.82, 2.24) is 15.2 Å². The number of likely N-dealkylation sites (tertiary alicyclic amines) is 1. The van der Waals surface area contributed by atoms with E-state index in [-0.39, 0.29) is 24.7 Å². The molecule has 1 fully saturated rings. The molecule has 1 atom stereocenters. The number of anilines is 1. The first-order valence-electron chi connectivity index (χ1n) is 11.4. The molecule has 1 saturated heterocycles. The number of nitrogens with zero attached hydrogens (tertiary/aromatic N) is 2. The van der Waals surface area contributed by atoms with Crippen LogP contribution in [-0.2, 0) is 19.7 Å². The number of hydrogen-bond donors (Lipinski definition) is 2. The van der Waals surface area contributed by atoms with E-state index in [9.17, 15) is 23.2 Å². The van der Waals surface area contributed by atoms with Crippen molar-refractivity contribution >= 4 is 23.6 Å². The Morgan fingerprint density at radius 1 is 1.08 bits per heavy atom. The fraction of sp³-hybridized carbons (Fsp3) is 0.440. The molecule has 1 aliphatic rings. The molecule has 0 unspecified atom stereocenters. The number of rotatable bonds is 8. The predicted molar refractivity (Wildman–Crippen MR) is 128 cm³/mol. The van der Waals surface area contributed by atoms with Crippen LogP contribution in [0.2, 0.25) is 0 Å². The van der Waals surface area contributed by atoms with Crippen LogP contribution in [0.4, 0.5) is 19.3 Å². The van der Waals surface area contributed by atoms with Gasteiger partial charge in [0.1, 0.15) is 17.1 Å². The highest BCUT2D eigenvalue weighted by molar-refractivity contribution is 6.02. The fourth-order valence-corrected chi connectivity index (χ4v) is 4.18. The number of esters is 1. The molecule has 0 radical (unpaired) electrons. The van der Waals surface area contributed by atoms with Crippen molar-refractivity contribution in [2.45, 2.75) is 51.7 Å². The SMILES string of the molecule is COC(=O)[C@H](C)NC(=O)N1CC(C(=O)Nc2ccc(C)nc2OC(F)F)(c2ccccc2C(C)C)C1. The van der Waals surface area contributed by atoms with Crippen LogP contribution in [0.25, 0.3) is 0 Å². The zero-order chi connectivity index (χ0) is 26.6. The summed E-state index contributed by atoms with van der Waals surface area (Å²) in [5.41, 5.74) is 0.907. The van der Waals surface area contributed by atoms with Crippen LogP contribution in [-0.4, -0.2) is 60.6 Å². The Kier molecular flexibility index (Phi) is 8.11. The third kappa shape index (κ3) is 5.55. The van der Waals surface area contributed by atoms with Gasteiger partial charge in [0.2, 0.25) is 11.8 Å². The predicted octanol–water partition coefficient (Wildman–Crippen LogP) is 3.58. The quantitative estimate of drug-likeness (QED) is 0.532. The molecule has 0 spiro atoms. The third-order valence-corrected chi connectivity index (χ3v) is 6.08. The second-order valence-corrected chi connectivity index (χ2v) is 9.01. The number of carbonyl (C=O) groups excluding carboxylic acids is 3. The van der Waals surface area contributed by atoms with Crippen molar-refractivity contribution in [3.8, 4) is 5.88 Å². The summed E-state index contributed by atoms with van der Waals surface area (Å²) in [6.07, 6.45) is 0. The summed E-state index contributed by atoms with van der Waals surface area (Å²) in [6, 6.07) is 9.01. The Morgan fingerprint density at radius 3 is 2.36 bits per heavy atom. The molecule has 3 rings (SSSR count). The molecule has 2 heterocycles. The van der Waals surface area contributed by atoms with Gasteiger partial charge in [-0.15, -0.1) is 0 Å². The van der Waals surface area contributed by atoms with E-state index in [2.05, 4.69) is 25.1 Å². The number of nitrogens with one attached hydrogen (secondary N) is 2. The average Bonchev–Trinajstić information content (AvgIpc) is 2.79. The molecular weight excluding hydrogens is 474 g/mol. The lowest BCUT2D eigenvalue weighted by atomic mass is 9.69. The molecule has 3 amide bonds. The van der Waals surface area contributed by atoms with Gasteiger partial charge in [-0.25, -0.2) is 14.6 Å². The normalized spacial score (nSPS) is 15.2. The molecule has 9 nitrogen and oxygen atoms in total. The number of amides is 3. The standard InChI is InChI=1S/C25H30F2N4O5/c1-14(2)17-8-6-7-9-18(17)25(12-31(13-25)24(34)29-16(4)21(32)35-5)22(33)30-19-11-10-15(3)28-20(19)36-23(26)27/h6-11,14,16,23H,12-13H2,1-5H3,(H,29,34)(H,30,33)/t16-/m0/s1. The number of pyridine rings is 1. The van der Waals surface area contributed by atoms with Crippen LogP contribution in [0.3, 0.4) is 0 Å². The lowest BCUT2D eigenvalue weighted by Crippen LogP contribution is -2.68. The molecule has 11 heteroatoms. The second kappa shape index (κ2) is 10.9. The average molecular weight is 505 g/mol. The lowest BCUT2D eigenvalue weighted by Gasteiger charge is -2.49. The number of hydrogen-bond acceptors (Lipinski definition) is 6. The van der Waals surface area contributed by atoms with Gasteiger partial charge in [0.25, 0.3) is 0 Å². The maximum atomic E-state index is 13.7. The van der Waals surface area contributed by atoms with Crippen molar-refractivity contribution in [3.05, 3.63) is 53.2 Å². The van der Waals surface area contributed by atoms with Crippen molar-refractivity contribution in [1.29, 1.82) is 0 Å². The smallest absolute Gasteiger partial charge is 0.388 e. The topological polar surface area (TPSA) is 110 Å². The summed E-state index contributed by atoms with van der Waals surface area (Å²) in [7, 11) is 1.22. The molecule has 194 valence electrons. The van der Waals surface area contributed by atoms with Crippen LogP contribution >= 0.6 is 0 Å². The number of ether oxygens (including phenoxy) is 2. The summed E-state index contributed by atoms with van der Waals surface area (Å²) < 4.78 is 35.1. The first-order valence-corrected chi connectivity index (χ1v) is 11.4. The molecule has 1 aromatic carbocycles. The van der Waals surface area contributed by atoms with Gasteiger partial charge in [0, 0.05) is 18.8 Å². The molecule has 2 aromatic rings. The van der Waals surface area contributed by atoms with E-state index in [4.69, 9.17) is 0 Å². The molecule has 36 heavy (non-hydrogen) atoms. The molecular formula is C25H30F2N4O5. The molecule has 2 N–H and O–H groups in total. The Balaban J connectivity index is 1.93. The van der Waals surface area contributed by atoms with Gasteiger partial charge >= 0.3 is 18.6 Å². The van der Waals surface area contributed by atoms with Gasteiger partial charge in [-0.05, 0) is 43.0 Å². The minimum Gasteiger partial charge on any atom is -0.467 e. The highest BCUT2D eigenvalue weighted by Crippen LogP contribution is 2.40. The summed E-state index contributed by atoms with van der Waals surface area (Å²) >= 11 is 0. The van der Waals surface area contributed by atoms with Crippen LogP contribution in [0, 0.1) is 6.92 Å². The number of aromatic nitrogens is 1. The number of methoxy groups -OCH3 is 1. The van der Waals surface area contributed by atoms with E-state index >= 15 is 0 Å². The molecule has 0 saturated carbocycles. The van der Waals surface area contributed by atoms with Crippen LogP contribution in [0.1, 0.15) is 43.5 Å². The van der Waals surface area contributed by atoms with Gasteiger partial charge in [0.05, 0.1) is 7.11 Å². The number of aryl methyl sites for hydroxylation is 1. The van der Waals surface area contributed by atoms with Crippen LogP contribution in [0.5, 0.6) is 5.88 Å². The summed E-state index contributed by atoms with van der Waals surface area (Å²) in [4.78, 5) is 43.6. The van der Waals surface area contributed by atoms with E-state index in [0.29, 0.717) is 5.69 Å². The van der Waals surface area contributed by atoms with Crippen molar-refractivity contribution in [2.24, 2.45) is 0 Å². The molecule has 0 aliphatic carbocycles. The van der Waals surface area contributed by atoms with Gasteiger partial charge in [-0.3, -0.25) is 4.79 Å². The Hall–Kier alpha value is -3.76. The number of halogens is 2. The zero-order valence-corrected chi connectivity index (χ0v) is 20.8. The number of alkyl halides is 2. The highest BCUT2D eigenvalue weighted by atomic mass is 19.3. The van der Waals surface area contributed by atoms with E-state index in [1.54, 1.807) is 19.1 Å². The Bertz CT molecular complexity index is 1140. The Morgan fingerprint density at radius 2 is 1.75 bits per heavy atom. The summed E-state index contributed by atoms with van der Waals surface area (Å²) in [6.45, 7) is 3.98. The number of carbonyl (C=O) groups is 3. The van der Waals surface area contributed by atoms with E-state index in [0.717, 1.165) is 11.1 Å². The van der Waals surface area contributed by atoms with E-state index in [1.165, 1.54) is 25.0 Å². The summed E-state index contributed by atoms with van der Waals surface area (Å²) in [5.74, 6) is -1.42. The fourth-order valence-electron chi connectivity index (χ4n) is 4.18. The number of urea groups is 1. The first-order chi connectivity index (χ1) is 17.0. The van der Waals surface area contributed by atoms with Crippen LogP contribution < -0.4 is 15.4 Å². The monoisotopic (exact) mass is 504 g/mol. The summed E-state index contributed by atoms with van der Waals surface area (Å²) in [5, 5.41) is 5.24. The molecule has 1 aromatic heterocycles. The van der Waals surface area contributed by atoms with E-state index < -0.39 is 41.9 Å². The van der Waals surface area contributed by atoms with Gasteiger partial charge in [-0.1, -0.05) is 38.1 Å². The first kappa shape index (κ1) is 26.8. The van der Waals surface area contributed by atoms with Gasteiger partial charge in [-0.2, -0.15) is 8.78 Å². The molecule has 1 aliphatic heterocycles. The van der Waals surface area contributed by atoms with Crippen LogP contribution in [0.15, 0.2) is 36.4 Å². The van der Waals surface area contributed by atoms with Gasteiger partial charge < -0.3 is 25.0 Å².